The highest BCUT2D eigenvalue weighted by molar-refractivity contribution is 5.96. The molecule has 0 aliphatic rings. The number of aldehydes is 1. The van der Waals surface area contributed by atoms with E-state index >= 15 is 0 Å². The van der Waals surface area contributed by atoms with E-state index in [4.69, 9.17) is 9.15 Å². The van der Waals surface area contributed by atoms with Crippen LogP contribution >= 0.6 is 0 Å². The molecule has 5 heteroatoms. The highest BCUT2D eigenvalue weighted by Crippen LogP contribution is 2.29. The summed E-state index contributed by atoms with van der Waals surface area (Å²) in [6, 6.07) is 15.0. The molecule has 134 valence electrons. The molecule has 1 heterocycles. The Morgan fingerprint density at radius 2 is 1.92 bits per heavy atom. The number of benzene rings is 2. The molecule has 5 nitrogen and oxygen atoms in total. The van der Waals surface area contributed by atoms with Crippen LogP contribution in [-0.4, -0.2) is 18.0 Å². The topological polar surface area (TPSA) is 68.5 Å². The molecule has 26 heavy (non-hydrogen) atoms. The second-order valence-electron chi connectivity index (χ2n) is 7.05. The van der Waals surface area contributed by atoms with E-state index in [1.54, 1.807) is 6.07 Å². The number of ether oxygens (including phenoxy) is 1. The Labute approximate surface area is 152 Å². The number of hydrogen-bond acceptors (Lipinski definition) is 4. The number of furan rings is 1. The minimum Gasteiger partial charge on any atom is -0.455 e. The lowest BCUT2D eigenvalue weighted by Gasteiger charge is -2.19. The monoisotopic (exact) mass is 351 g/mol. The third kappa shape index (κ3) is 4.11. The van der Waals surface area contributed by atoms with Gasteiger partial charge in [-0.05, 0) is 44.5 Å². The van der Waals surface area contributed by atoms with Crippen LogP contribution in [0.25, 0.3) is 22.3 Å². The molecule has 0 aliphatic carbocycles. The van der Waals surface area contributed by atoms with Crippen molar-refractivity contribution in [2.75, 3.05) is 0 Å². The van der Waals surface area contributed by atoms with Crippen LogP contribution in [0.1, 0.15) is 36.7 Å². The van der Waals surface area contributed by atoms with Crippen molar-refractivity contribution in [3.8, 4) is 11.3 Å². The summed E-state index contributed by atoms with van der Waals surface area (Å²) in [5, 5.41) is 3.62. The Balaban J connectivity index is 1.79. The van der Waals surface area contributed by atoms with Crippen LogP contribution in [0.4, 0.5) is 4.79 Å². The molecule has 0 fully saturated rings. The minimum absolute atomic E-state index is 0.350. The van der Waals surface area contributed by atoms with E-state index in [0.29, 0.717) is 23.5 Å². The number of nitrogens with one attached hydrogen (secondary N) is 1. The fraction of sp³-hybridized carbons (Fsp3) is 0.238. The number of fused-ring (bicyclic) bond motifs is 1. The quantitative estimate of drug-likeness (QED) is 0.676. The summed E-state index contributed by atoms with van der Waals surface area (Å²) in [5.41, 5.74) is 2.37. The molecule has 0 spiro atoms. The minimum atomic E-state index is -0.531. The fourth-order valence-electron chi connectivity index (χ4n) is 2.64. The molecule has 1 amide bonds. The molecule has 2 aromatic carbocycles. The average Bonchev–Trinajstić information content (AvgIpc) is 3.03. The number of hydrogen-bond donors (Lipinski definition) is 1. The van der Waals surface area contributed by atoms with Crippen molar-refractivity contribution in [1.82, 2.24) is 5.32 Å². The van der Waals surface area contributed by atoms with Crippen molar-refractivity contribution in [3.63, 3.8) is 0 Å². The standard InChI is InChI=1S/C21H21NO4/c1-21(2,3)26-20(24)22-12-14-6-4-7-15(10-14)18-11-16-8-5-9-17(13-23)19(16)25-18/h4-11,13H,12H2,1-3H3,(H,22,24). The second-order valence-corrected chi connectivity index (χ2v) is 7.05. The lowest BCUT2D eigenvalue weighted by molar-refractivity contribution is 0.0523. The maximum Gasteiger partial charge on any atom is 0.407 e. The second kappa shape index (κ2) is 7.04. The van der Waals surface area contributed by atoms with Gasteiger partial charge in [0.2, 0.25) is 0 Å². The normalized spacial score (nSPS) is 11.3. The Morgan fingerprint density at radius 1 is 1.15 bits per heavy atom. The highest BCUT2D eigenvalue weighted by atomic mass is 16.6. The Hall–Kier alpha value is -3.08. The molecule has 0 saturated carbocycles. The molecular formula is C21H21NO4. The summed E-state index contributed by atoms with van der Waals surface area (Å²) in [7, 11) is 0. The SMILES string of the molecule is CC(C)(C)OC(=O)NCc1cccc(-c2cc3cccc(C=O)c3o2)c1. The van der Waals surface area contributed by atoms with E-state index in [1.807, 2.05) is 63.2 Å². The molecule has 0 bridgehead atoms. The van der Waals surface area contributed by atoms with Crippen LogP contribution in [0.15, 0.2) is 52.9 Å². The Bertz CT molecular complexity index is 950. The van der Waals surface area contributed by atoms with Crippen molar-refractivity contribution in [2.24, 2.45) is 0 Å². The maximum absolute atomic E-state index is 11.8. The summed E-state index contributed by atoms with van der Waals surface area (Å²) < 4.78 is 11.1. The van der Waals surface area contributed by atoms with Gasteiger partial charge in [0.05, 0.1) is 5.56 Å². The summed E-state index contributed by atoms with van der Waals surface area (Å²) in [6.45, 7) is 5.82. The van der Waals surface area contributed by atoms with Crippen molar-refractivity contribution >= 4 is 23.3 Å². The van der Waals surface area contributed by atoms with Gasteiger partial charge < -0.3 is 14.5 Å². The summed E-state index contributed by atoms with van der Waals surface area (Å²) in [4.78, 5) is 22.9. The Kier molecular flexibility index (Phi) is 4.80. The molecule has 3 aromatic rings. The van der Waals surface area contributed by atoms with Gasteiger partial charge in [-0.3, -0.25) is 4.79 Å². The molecule has 0 aliphatic heterocycles. The average molecular weight is 351 g/mol. The smallest absolute Gasteiger partial charge is 0.407 e. The predicted molar refractivity (Wildman–Crippen MR) is 100 cm³/mol. The van der Waals surface area contributed by atoms with Gasteiger partial charge in [0.15, 0.2) is 6.29 Å². The largest absolute Gasteiger partial charge is 0.455 e. The summed E-state index contributed by atoms with van der Waals surface area (Å²) in [5.74, 6) is 0.674. The first-order chi connectivity index (χ1) is 12.4. The molecule has 0 radical (unpaired) electrons. The Morgan fingerprint density at radius 3 is 2.65 bits per heavy atom. The number of carbonyl (C=O) groups excluding carboxylic acids is 2. The predicted octanol–water partition coefficient (Wildman–Crippen LogP) is 4.94. The lowest BCUT2D eigenvalue weighted by Crippen LogP contribution is -2.32. The van der Waals surface area contributed by atoms with Crippen LogP contribution < -0.4 is 5.32 Å². The van der Waals surface area contributed by atoms with Gasteiger partial charge in [-0.25, -0.2) is 4.79 Å². The summed E-state index contributed by atoms with van der Waals surface area (Å²) >= 11 is 0. The van der Waals surface area contributed by atoms with E-state index in [2.05, 4.69) is 5.32 Å². The van der Waals surface area contributed by atoms with Crippen LogP contribution in [0, 0.1) is 0 Å². The van der Waals surface area contributed by atoms with Crippen LogP contribution in [-0.2, 0) is 11.3 Å². The zero-order valence-electron chi connectivity index (χ0n) is 15.0. The molecule has 3 rings (SSSR count). The zero-order valence-corrected chi connectivity index (χ0v) is 15.0. The molecule has 1 aromatic heterocycles. The first-order valence-electron chi connectivity index (χ1n) is 8.39. The molecule has 0 atom stereocenters. The first-order valence-corrected chi connectivity index (χ1v) is 8.39. The molecule has 0 saturated heterocycles. The number of rotatable bonds is 4. The van der Waals surface area contributed by atoms with Crippen LogP contribution in [0.2, 0.25) is 0 Å². The maximum atomic E-state index is 11.8. The van der Waals surface area contributed by atoms with E-state index < -0.39 is 11.7 Å². The van der Waals surface area contributed by atoms with Gasteiger partial charge >= 0.3 is 6.09 Å². The summed E-state index contributed by atoms with van der Waals surface area (Å²) in [6.07, 6.45) is 0.332. The van der Waals surface area contributed by atoms with E-state index in [1.165, 1.54) is 0 Å². The number of alkyl carbamates (subject to hydrolysis) is 1. The number of carbonyl (C=O) groups is 2. The van der Waals surface area contributed by atoms with E-state index in [9.17, 15) is 9.59 Å². The lowest BCUT2D eigenvalue weighted by atomic mass is 10.1. The van der Waals surface area contributed by atoms with Crippen molar-refractivity contribution in [3.05, 3.63) is 59.7 Å². The third-order valence-corrected chi connectivity index (χ3v) is 3.75. The fourth-order valence-corrected chi connectivity index (χ4v) is 2.64. The molecular weight excluding hydrogens is 330 g/mol. The number of amides is 1. The van der Waals surface area contributed by atoms with Gasteiger partial charge in [0, 0.05) is 17.5 Å². The van der Waals surface area contributed by atoms with Crippen molar-refractivity contribution < 1.29 is 18.7 Å². The van der Waals surface area contributed by atoms with E-state index in [-0.39, 0.29) is 0 Å². The highest BCUT2D eigenvalue weighted by Gasteiger charge is 2.16. The molecule has 1 N–H and O–H groups in total. The first kappa shape index (κ1) is 17.7. The number of para-hydroxylation sites is 1. The third-order valence-electron chi connectivity index (χ3n) is 3.75. The van der Waals surface area contributed by atoms with Crippen LogP contribution in [0.3, 0.4) is 0 Å². The van der Waals surface area contributed by atoms with Crippen molar-refractivity contribution in [2.45, 2.75) is 32.9 Å². The molecule has 0 unspecified atom stereocenters. The van der Waals surface area contributed by atoms with Gasteiger partial charge in [0.25, 0.3) is 0 Å². The van der Waals surface area contributed by atoms with Gasteiger partial charge in [-0.1, -0.05) is 30.3 Å². The zero-order chi connectivity index (χ0) is 18.7. The van der Waals surface area contributed by atoms with Crippen LogP contribution in [0.5, 0.6) is 0 Å². The van der Waals surface area contributed by atoms with Gasteiger partial charge in [-0.15, -0.1) is 0 Å². The van der Waals surface area contributed by atoms with E-state index in [0.717, 1.165) is 22.8 Å². The van der Waals surface area contributed by atoms with Crippen molar-refractivity contribution in [1.29, 1.82) is 0 Å². The van der Waals surface area contributed by atoms with Gasteiger partial charge in [-0.2, -0.15) is 0 Å². The van der Waals surface area contributed by atoms with Gasteiger partial charge in [0.1, 0.15) is 16.9 Å².